The molecule has 0 bridgehead atoms. The van der Waals surface area contributed by atoms with Crippen LogP contribution in [0.3, 0.4) is 0 Å². The number of hydrogen-bond acceptors (Lipinski definition) is 5. The second kappa shape index (κ2) is 6.47. The van der Waals surface area contributed by atoms with Crippen molar-refractivity contribution in [2.45, 2.75) is 12.8 Å². The maximum Gasteiger partial charge on any atom is 0.271 e. The fourth-order valence-corrected chi connectivity index (χ4v) is 2.18. The highest BCUT2D eigenvalue weighted by molar-refractivity contribution is 5.92. The van der Waals surface area contributed by atoms with Crippen molar-refractivity contribution >= 4 is 11.7 Å². The summed E-state index contributed by atoms with van der Waals surface area (Å²) >= 11 is 0. The lowest BCUT2D eigenvalue weighted by Gasteiger charge is -2.28. The van der Waals surface area contributed by atoms with Gasteiger partial charge in [-0.15, -0.1) is 10.2 Å². The van der Waals surface area contributed by atoms with E-state index in [0.717, 1.165) is 32.5 Å². The van der Waals surface area contributed by atoms with Crippen LogP contribution >= 0.6 is 0 Å². The van der Waals surface area contributed by atoms with Gasteiger partial charge in [-0.2, -0.15) is 0 Å². The summed E-state index contributed by atoms with van der Waals surface area (Å²) in [7, 11) is 3.90. The number of hydrogen-bond donors (Lipinski definition) is 2. The number of carbonyl (C=O) groups excluding carboxylic acids is 1. The van der Waals surface area contributed by atoms with Crippen molar-refractivity contribution in [3.8, 4) is 0 Å². The lowest BCUT2D eigenvalue weighted by Crippen LogP contribution is -2.37. The van der Waals surface area contributed by atoms with E-state index in [9.17, 15) is 4.79 Å². The molecule has 19 heavy (non-hydrogen) atoms. The molecule has 1 aliphatic rings. The molecule has 1 aliphatic heterocycles. The smallest absolute Gasteiger partial charge is 0.271 e. The molecular formula is C13H21N5O. The molecule has 0 aromatic carbocycles. The first-order valence-corrected chi connectivity index (χ1v) is 6.67. The van der Waals surface area contributed by atoms with Crippen LogP contribution in [0, 0.1) is 5.92 Å². The van der Waals surface area contributed by atoms with Crippen LogP contribution in [0.15, 0.2) is 12.1 Å². The molecule has 1 fully saturated rings. The number of aromatic nitrogens is 2. The van der Waals surface area contributed by atoms with Gasteiger partial charge in [-0.1, -0.05) is 0 Å². The van der Waals surface area contributed by atoms with E-state index in [4.69, 9.17) is 0 Å². The third-order valence-corrected chi connectivity index (χ3v) is 3.54. The highest BCUT2D eigenvalue weighted by atomic mass is 16.1. The molecule has 0 radical (unpaired) electrons. The Balaban J connectivity index is 1.80. The topological polar surface area (TPSA) is 70.2 Å². The fourth-order valence-electron chi connectivity index (χ4n) is 2.18. The van der Waals surface area contributed by atoms with Crippen molar-refractivity contribution in [1.82, 2.24) is 20.4 Å². The van der Waals surface area contributed by atoms with E-state index in [1.165, 1.54) is 0 Å². The fraction of sp³-hybridized carbons (Fsp3) is 0.615. The first kappa shape index (κ1) is 13.7. The molecule has 1 aromatic rings. The van der Waals surface area contributed by atoms with Gasteiger partial charge in [-0.3, -0.25) is 4.79 Å². The second-order valence-corrected chi connectivity index (χ2v) is 5.01. The minimum Gasteiger partial charge on any atom is -0.372 e. The summed E-state index contributed by atoms with van der Waals surface area (Å²) in [5, 5.41) is 13.6. The maximum absolute atomic E-state index is 11.9. The van der Waals surface area contributed by atoms with Crippen molar-refractivity contribution in [2.24, 2.45) is 5.92 Å². The van der Waals surface area contributed by atoms with Gasteiger partial charge in [0.15, 0.2) is 5.69 Å². The van der Waals surface area contributed by atoms with Crippen molar-refractivity contribution in [2.75, 3.05) is 39.0 Å². The van der Waals surface area contributed by atoms with Crippen LogP contribution in [0.1, 0.15) is 23.3 Å². The molecule has 0 aliphatic carbocycles. The predicted molar refractivity (Wildman–Crippen MR) is 74.1 cm³/mol. The van der Waals surface area contributed by atoms with Crippen molar-refractivity contribution in [3.63, 3.8) is 0 Å². The van der Waals surface area contributed by atoms with E-state index >= 15 is 0 Å². The van der Waals surface area contributed by atoms with Crippen LogP contribution in [0.4, 0.5) is 5.82 Å². The lowest BCUT2D eigenvalue weighted by atomic mass is 9.97. The van der Waals surface area contributed by atoms with Crippen molar-refractivity contribution in [1.29, 1.82) is 0 Å². The monoisotopic (exact) mass is 263 g/mol. The molecule has 0 saturated carbocycles. The van der Waals surface area contributed by atoms with Crippen molar-refractivity contribution in [3.05, 3.63) is 17.8 Å². The Morgan fingerprint density at radius 2 is 2.11 bits per heavy atom. The van der Waals surface area contributed by atoms with Crippen LogP contribution in [0.5, 0.6) is 0 Å². The Hall–Kier alpha value is -1.69. The van der Waals surface area contributed by atoms with Gasteiger partial charge in [0.2, 0.25) is 0 Å². The normalized spacial score (nSPS) is 17.2. The standard InChI is InChI=1S/C13H21N5O/c1-14-12-4-3-11(16-17-12)13(19)15-9-10-5-7-18(2)8-6-10/h3-4,10H,5-9H2,1-2H3,(H,14,17)(H,15,19). The molecule has 0 spiro atoms. The van der Waals surface area contributed by atoms with E-state index in [0.29, 0.717) is 17.4 Å². The summed E-state index contributed by atoms with van der Waals surface area (Å²) in [6.07, 6.45) is 2.28. The molecule has 6 nitrogen and oxygen atoms in total. The van der Waals surface area contributed by atoms with Gasteiger partial charge in [0.1, 0.15) is 5.82 Å². The molecule has 2 rings (SSSR count). The number of nitrogens with zero attached hydrogens (tertiary/aromatic N) is 3. The van der Waals surface area contributed by atoms with Gasteiger partial charge in [-0.25, -0.2) is 0 Å². The molecule has 2 heterocycles. The number of likely N-dealkylation sites (tertiary alicyclic amines) is 1. The van der Waals surface area contributed by atoms with E-state index in [-0.39, 0.29) is 5.91 Å². The highest BCUT2D eigenvalue weighted by Crippen LogP contribution is 2.14. The Morgan fingerprint density at radius 1 is 1.37 bits per heavy atom. The second-order valence-electron chi connectivity index (χ2n) is 5.01. The van der Waals surface area contributed by atoms with E-state index in [1.54, 1.807) is 19.2 Å². The molecule has 0 unspecified atom stereocenters. The summed E-state index contributed by atoms with van der Waals surface area (Å²) in [4.78, 5) is 14.2. The Morgan fingerprint density at radius 3 is 2.68 bits per heavy atom. The van der Waals surface area contributed by atoms with E-state index in [1.807, 2.05) is 0 Å². The average molecular weight is 263 g/mol. The van der Waals surface area contributed by atoms with Gasteiger partial charge in [0.25, 0.3) is 5.91 Å². The third kappa shape index (κ3) is 3.89. The molecule has 1 amide bonds. The summed E-state index contributed by atoms with van der Waals surface area (Å²) in [6, 6.07) is 3.43. The number of anilines is 1. The summed E-state index contributed by atoms with van der Waals surface area (Å²) in [5.74, 6) is 1.09. The molecule has 1 aromatic heterocycles. The zero-order valence-electron chi connectivity index (χ0n) is 11.5. The Labute approximate surface area is 113 Å². The highest BCUT2D eigenvalue weighted by Gasteiger charge is 2.17. The molecule has 2 N–H and O–H groups in total. The van der Waals surface area contributed by atoms with Crippen LogP contribution in [-0.4, -0.2) is 54.7 Å². The molecule has 0 atom stereocenters. The molecule has 6 heteroatoms. The quantitative estimate of drug-likeness (QED) is 0.832. The van der Waals surface area contributed by atoms with E-state index < -0.39 is 0 Å². The van der Waals surface area contributed by atoms with Gasteiger partial charge in [0.05, 0.1) is 0 Å². The van der Waals surface area contributed by atoms with Gasteiger partial charge < -0.3 is 15.5 Å². The summed E-state index contributed by atoms with van der Waals surface area (Å²) in [5.41, 5.74) is 0.368. The van der Waals surface area contributed by atoms with Crippen LogP contribution < -0.4 is 10.6 Å². The van der Waals surface area contributed by atoms with E-state index in [2.05, 4.69) is 32.8 Å². The number of rotatable bonds is 4. The van der Waals surface area contributed by atoms with Gasteiger partial charge in [0, 0.05) is 13.6 Å². The van der Waals surface area contributed by atoms with Gasteiger partial charge >= 0.3 is 0 Å². The number of carbonyl (C=O) groups is 1. The SMILES string of the molecule is CNc1ccc(C(=O)NCC2CCN(C)CC2)nn1. The number of piperidine rings is 1. The summed E-state index contributed by atoms with van der Waals surface area (Å²) in [6.45, 7) is 2.94. The lowest BCUT2D eigenvalue weighted by molar-refractivity contribution is 0.0933. The van der Waals surface area contributed by atoms with Crippen LogP contribution in [0.25, 0.3) is 0 Å². The zero-order valence-corrected chi connectivity index (χ0v) is 11.5. The third-order valence-electron chi connectivity index (χ3n) is 3.54. The molecule has 104 valence electrons. The maximum atomic E-state index is 11.9. The van der Waals surface area contributed by atoms with Crippen molar-refractivity contribution < 1.29 is 4.79 Å². The summed E-state index contributed by atoms with van der Waals surface area (Å²) < 4.78 is 0. The van der Waals surface area contributed by atoms with Gasteiger partial charge in [-0.05, 0) is 51.0 Å². The first-order valence-electron chi connectivity index (χ1n) is 6.67. The molecule has 1 saturated heterocycles. The average Bonchev–Trinajstić information content (AvgIpc) is 2.46. The largest absolute Gasteiger partial charge is 0.372 e. The minimum absolute atomic E-state index is 0.144. The number of amides is 1. The van der Waals surface area contributed by atoms with Crippen LogP contribution in [-0.2, 0) is 0 Å². The minimum atomic E-state index is -0.144. The molecular weight excluding hydrogens is 242 g/mol. The first-order chi connectivity index (χ1) is 9.19. The Kier molecular flexibility index (Phi) is 4.68. The van der Waals surface area contributed by atoms with Crippen LogP contribution in [0.2, 0.25) is 0 Å². The predicted octanol–water partition coefficient (Wildman–Crippen LogP) is 0.590. The number of nitrogens with one attached hydrogen (secondary N) is 2. The Bertz CT molecular complexity index is 412. The zero-order chi connectivity index (χ0) is 13.7.